The van der Waals surface area contributed by atoms with Gasteiger partial charge in [0.1, 0.15) is 11.4 Å². The van der Waals surface area contributed by atoms with Crippen molar-refractivity contribution < 1.29 is 33.5 Å². The van der Waals surface area contributed by atoms with E-state index in [1.165, 1.54) is 24.3 Å². The van der Waals surface area contributed by atoms with Gasteiger partial charge in [0.25, 0.3) is 5.69 Å². The summed E-state index contributed by atoms with van der Waals surface area (Å²) in [6.45, 7) is 6.95. The lowest BCUT2D eigenvalue weighted by Gasteiger charge is -2.20. The second-order valence-corrected chi connectivity index (χ2v) is 8.07. The molecule has 0 saturated heterocycles. The highest BCUT2D eigenvalue weighted by Gasteiger charge is 2.24. The van der Waals surface area contributed by atoms with Gasteiger partial charge < -0.3 is 19.5 Å². The number of benzene rings is 2. The standard InChI is InChI=1S/C23H27N3O8/c1-5-32-20(27)19(14-24-21(28)33-18-12-10-17(11-13-18)26(30)31)15-6-8-16(9-7-15)25-22(29)34-23(2,3)4/h6-13,19H,5,14H2,1-4H3,(H,24,28)(H,25,29). The van der Waals surface area contributed by atoms with Gasteiger partial charge in [-0.1, -0.05) is 12.1 Å². The van der Waals surface area contributed by atoms with E-state index in [0.717, 1.165) is 0 Å². The summed E-state index contributed by atoms with van der Waals surface area (Å²) in [7, 11) is 0. The fraction of sp³-hybridized carbons (Fsp3) is 0.348. The third-order valence-electron chi connectivity index (χ3n) is 4.24. The molecule has 182 valence electrons. The largest absolute Gasteiger partial charge is 0.465 e. The molecule has 0 aromatic heterocycles. The van der Waals surface area contributed by atoms with Crippen LogP contribution in [-0.2, 0) is 14.3 Å². The molecule has 11 heteroatoms. The fourth-order valence-electron chi connectivity index (χ4n) is 2.76. The molecule has 0 saturated carbocycles. The Hall–Kier alpha value is -4.15. The van der Waals surface area contributed by atoms with Gasteiger partial charge in [-0.25, -0.2) is 9.59 Å². The van der Waals surface area contributed by atoms with Crippen molar-refractivity contribution in [2.45, 2.75) is 39.2 Å². The average molecular weight is 473 g/mol. The average Bonchev–Trinajstić information content (AvgIpc) is 2.74. The lowest BCUT2D eigenvalue weighted by atomic mass is 9.99. The summed E-state index contributed by atoms with van der Waals surface area (Å²) in [4.78, 5) is 46.7. The highest BCUT2D eigenvalue weighted by Crippen LogP contribution is 2.21. The Morgan fingerprint density at radius 1 is 1.00 bits per heavy atom. The number of carbonyl (C=O) groups is 3. The van der Waals surface area contributed by atoms with Crippen LogP contribution in [0.2, 0.25) is 0 Å². The van der Waals surface area contributed by atoms with Gasteiger partial charge >= 0.3 is 18.2 Å². The molecule has 2 aromatic rings. The number of hydrogen-bond acceptors (Lipinski definition) is 8. The Morgan fingerprint density at radius 2 is 1.62 bits per heavy atom. The molecule has 2 rings (SSSR count). The topological polar surface area (TPSA) is 146 Å². The predicted octanol–water partition coefficient (Wildman–Crippen LogP) is 4.38. The summed E-state index contributed by atoms with van der Waals surface area (Å²) in [6.07, 6.45) is -1.45. The van der Waals surface area contributed by atoms with Crippen LogP contribution in [0.4, 0.5) is 21.0 Å². The van der Waals surface area contributed by atoms with Crippen LogP contribution in [0.3, 0.4) is 0 Å². The molecule has 0 aliphatic rings. The smallest absolute Gasteiger partial charge is 0.412 e. The number of nitro benzene ring substituents is 1. The molecule has 34 heavy (non-hydrogen) atoms. The zero-order valence-electron chi connectivity index (χ0n) is 19.3. The van der Waals surface area contributed by atoms with Gasteiger partial charge in [0, 0.05) is 24.4 Å². The van der Waals surface area contributed by atoms with Crippen LogP contribution in [0.1, 0.15) is 39.2 Å². The van der Waals surface area contributed by atoms with Gasteiger partial charge in [0.15, 0.2) is 0 Å². The van der Waals surface area contributed by atoms with Crippen LogP contribution < -0.4 is 15.4 Å². The number of nitrogens with zero attached hydrogens (tertiary/aromatic N) is 1. The van der Waals surface area contributed by atoms with Gasteiger partial charge in [-0.2, -0.15) is 0 Å². The minimum atomic E-state index is -0.841. The lowest BCUT2D eigenvalue weighted by Crippen LogP contribution is -2.34. The molecular formula is C23H27N3O8. The van der Waals surface area contributed by atoms with Crippen molar-refractivity contribution in [3.8, 4) is 5.75 Å². The molecule has 0 spiro atoms. The van der Waals surface area contributed by atoms with Crippen LogP contribution in [-0.4, -0.2) is 41.8 Å². The molecule has 2 N–H and O–H groups in total. The maximum absolute atomic E-state index is 12.5. The van der Waals surface area contributed by atoms with Crippen molar-refractivity contribution in [3.63, 3.8) is 0 Å². The summed E-state index contributed by atoms with van der Waals surface area (Å²) >= 11 is 0. The van der Waals surface area contributed by atoms with Gasteiger partial charge in [-0.3, -0.25) is 20.2 Å². The van der Waals surface area contributed by atoms with Crippen molar-refractivity contribution in [3.05, 3.63) is 64.2 Å². The van der Waals surface area contributed by atoms with Crippen molar-refractivity contribution in [2.24, 2.45) is 0 Å². The lowest BCUT2D eigenvalue weighted by molar-refractivity contribution is -0.384. The Bertz CT molecular complexity index is 1010. The van der Waals surface area contributed by atoms with E-state index in [4.69, 9.17) is 14.2 Å². The van der Waals surface area contributed by atoms with Gasteiger partial charge in [-0.15, -0.1) is 0 Å². The highest BCUT2D eigenvalue weighted by atomic mass is 16.6. The zero-order chi connectivity index (χ0) is 25.3. The molecule has 0 heterocycles. The minimum Gasteiger partial charge on any atom is -0.465 e. The third kappa shape index (κ3) is 8.41. The number of amides is 2. The first-order chi connectivity index (χ1) is 16.0. The normalized spacial score (nSPS) is 11.6. The zero-order valence-corrected chi connectivity index (χ0v) is 19.3. The number of esters is 1. The van der Waals surface area contributed by atoms with Crippen molar-refractivity contribution >= 4 is 29.5 Å². The summed E-state index contributed by atoms with van der Waals surface area (Å²) in [6, 6.07) is 11.4. The number of carbonyl (C=O) groups excluding carboxylic acids is 3. The molecule has 2 aromatic carbocycles. The van der Waals surface area contributed by atoms with Crippen LogP contribution in [0.5, 0.6) is 5.75 Å². The van der Waals surface area contributed by atoms with E-state index in [2.05, 4.69) is 10.6 Å². The second-order valence-electron chi connectivity index (χ2n) is 8.07. The monoisotopic (exact) mass is 473 g/mol. The third-order valence-corrected chi connectivity index (χ3v) is 4.24. The van der Waals surface area contributed by atoms with E-state index in [1.807, 2.05) is 0 Å². The number of rotatable bonds is 8. The van der Waals surface area contributed by atoms with Crippen molar-refractivity contribution in [1.82, 2.24) is 5.32 Å². The Balaban J connectivity index is 2.03. The van der Waals surface area contributed by atoms with Crippen LogP contribution in [0.25, 0.3) is 0 Å². The molecular weight excluding hydrogens is 446 g/mol. The number of nitro groups is 1. The van der Waals surface area contributed by atoms with E-state index in [0.29, 0.717) is 11.3 Å². The summed E-state index contributed by atoms with van der Waals surface area (Å²) in [5, 5.41) is 15.8. The van der Waals surface area contributed by atoms with E-state index < -0.39 is 34.6 Å². The Morgan fingerprint density at radius 3 is 2.15 bits per heavy atom. The van der Waals surface area contributed by atoms with Gasteiger partial charge in [0.2, 0.25) is 0 Å². The molecule has 0 aliphatic heterocycles. The summed E-state index contributed by atoms with van der Waals surface area (Å²) in [5.41, 5.74) is 0.225. The fourth-order valence-corrected chi connectivity index (χ4v) is 2.76. The van der Waals surface area contributed by atoms with E-state index >= 15 is 0 Å². The number of ether oxygens (including phenoxy) is 3. The molecule has 1 atom stereocenters. The second kappa shape index (κ2) is 11.6. The molecule has 2 amide bonds. The van der Waals surface area contributed by atoms with Gasteiger partial charge in [0.05, 0.1) is 17.4 Å². The van der Waals surface area contributed by atoms with Crippen molar-refractivity contribution in [1.29, 1.82) is 0 Å². The molecule has 1 unspecified atom stereocenters. The molecule has 0 fully saturated rings. The number of non-ortho nitro benzene ring substituents is 1. The number of anilines is 1. The van der Waals surface area contributed by atoms with Crippen LogP contribution in [0, 0.1) is 10.1 Å². The number of nitrogens with one attached hydrogen (secondary N) is 2. The first kappa shape index (κ1) is 26.1. The summed E-state index contributed by atoms with van der Waals surface area (Å²) in [5.74, 6) is -1.28. The SMILES string of the molecule is CCOC(=O)C(CNC(=O)Oc1ccc([N+](=O)[O-])cc1)c1ccc(NC(=O)OC(C)(C)C)cc1. The van der Waals surface area contributed by atoms with E-state index in [-0.39, 0.29) is 24.6 Å². The maximum Gasteiger partial charge on any atom is 0.412 e. The highest BCUT2D eigenvalue weighted by molar-refractivity contribution is 5.85. The summed E-state index contributed by atoms with van der Waals surface area (Å²) < 4.78 is 15.4. The van der Waals surface area contributed by atoms with Crippen LogP contribution >= 0.6 is 0 Å². The molecule has 0 aliphatic carbocycles. The van der Waals surface area contributed by atoms with E-state index in [1.54, 1.807) is 52.0 Å². The minimum absolute atomic E-state index is 0.105. The van der Waals surface area contributed by atoms with Crippen molar-refractivity contribution in [2.75, 3.05) is 18.5 Å². The molecule has 0 radical (unpaired) electrons. The Kier molecular flexibility index (Phi) is 8.94. The molecule has 11 nitrogen and oxygen atoms in total. The first-order valence-electron chi connectivity index (χ1n) is 10.4. The predicted molar refractivity (Wildman–Crippen MR) is 123 cm³/mol. The van der Waals surface area contributed by atoms with E-state index in [9.17, 15) is 24.5 Å². The number of hydrogen-bond donors (Lipinski definition) is 2. The maximum atomic E-state index is 12.5. The quantitative estimate of drug-likeness (QED) is 0.326. The molecule has 0 bridgehead atoms. The first-order valence-corrected chi connectivity index (χ1v) is 10.4. The van der Waals surface area contributed by atoms with Gasteiger partial charge in [-0.05, 0) is 57.5 Å². The Labute approximate surface area is 196 Å². The van der Waals surface area contributed by atoms with Crippen LogP contribution in [0.15, 0.2) is 48.5 Å².